The molecular weight excluding hydrogens is 486 g/mol. The number of benzene rings is 1. The number of methoxy groups -OCH3 is 1. The third kappa shape index (κ3) is 4.92. The Balaban J connectivity index is 1.53. The number of likely N-dealkylation sites (N-methyl/N-ethyl adjacent to an activating group) is 1. The summed E-state index contributed by atoms with van der Waals surface area (Å²) in [6.45, 7) is 3.93. The number of carbonyl (C=O) groups is 2. The van der Waals surface area contributed by atoms with Gasteiger partial charge in [0.2, 0.25) is 5.91 Å². The minimum absolute atomic E-state index is 0.00797. The first-order valence-electron chi connectivity index (χ1n) is 13.3. The Labute approximate surface area is 221 Å². The second-order valence-corrected chi connectivity index (χ2v) is 10.1. The normalized spacial score (nSPS) is 17.9. The molecule has 2 amide bonds. The maximum absolute atomic E-state index is 13.5. The molecule has 3 aromatic rings. The van der Waals surface area contributed by atoms with E-state index in [9.17, 15) is 14.4 Å². The predicted octanol–water partition coefficient (Wildman–Crippen LogP) is 2.99. The summed E-state index contributed by atoms with van der Waals surface area (Å²) in [4.78, 5) is 46.9. The number of imidazole rings is 1. The topological polar surface area (TPSA) is 98.9 Å². The van der Waals surface area contributed by atoms with Gasteiger partial charge in [-0.05, 0) is 50.8 Å². The highest BCUT2D eigenvalue weighted by molar-refractivity contribution is 5.95. The van der Waals surface area contributed by atoms with E-state index in [2.05, 4.69) is 0 Å². The van der Waals surface area contributed by atoms with Crippen molar-refractivity contribution in [1.82, 2.24) is 19.0 Å². The Kier molecular flexibility index (Phi) is 7.51. The van der Waals surface area contributed by atoms with Crippen molar-refractivity contribution < 1.29 is 19.1 Å². The highest BCUT2D eigenvalue weighted by Gasteiger charge is 2.32. The summed E-state index contributed by atoms with van der Waals surface area (Å²) in [7, 11) is 3.25. The highest BCUT2D eigenvalue weighted by atomic mass is 16.5. The van der Waals surface area contributed by atoms with Crippen molar-refractivity contribution in [2.75, 3.05) is 32.3 Å². The first-order valence-corrected chi connectivity index (χ1v) is 13.3. The molecule has 10 nitrogen and oxygen atoms in total. The van der Waals surface area contributed by atoms with E-state index in [1.807, 2.05) is 41.6 Å². The van der Waals surface area contributed by atoms with Crippen molar-refractivity contribution in [2.45, 2.75) is 64.2 Å². The number of amides is 2. The third-order valence-corrected chi connectivity index (χ3v) is 7.86. The second kappa shape index (κ2) is 11.0. The SMILES string of the molecule is COC(=O)N1c2ccc3c(nc(CCn4ccccc4=O)n3CC(=O)N(C)C3CCOCC3)c2CC[C@@H]1C. The molecular formula is C28H35N5O5. The zero-order valence-electron chi connectivity index (χ0n) is 22.3. The second-order valence-electron chi connectivity index (χ2n) is 10.1. The van der Waals surface area contributed by atoms with Gasteiger partial charge in [0.15, 0.2) is 0 Å². The van der Waals surface area contributed by atoms with Crippen LogP contribution in [0.5, 0.6) is 0 Å². The molecule has 38 heavy (non-hydrogen) atoms. The van der Waals surface area contributed by atoms with Crippen molar-refractivity contribution in [3.63, 3.8) is 0 Å². The van der Waals surface area contributed by atoms with Gasteiger partial charge in [-0.15, -0.1) is 0 Å². The Morgan fingerprint density at radius 3 is 2.68 bits per heavy atom. The number of anilines is 1. The van der Waals surface area contributed by atoms with Crippen LogP contribution in [0.2, 0.25) is 0 Å². The molecule has 5 rings (SSSR count). The van der Waals surface area contributed by atoms with Crippen molar-refractivity contribution in [1.29, 1.82) is 0 Å². The van der Waals surface area contributed by atoms with Crippen molar-refractivity contribution >= 4 is 28.7 Å². The van der Waals surface area contributed by atoms with Crippen LogP contribution in [0, 0.1) is 0 Å². The van der Waals surface area contributed by atoms with E-state index in [1.54, 1.807) is 21.7 Å². The molecule has 1 atom stereocenters. The van der Waals surface area contributed by atoms with Crippen LogP contribution in [-0.2, 0) is 40.2 Å². The smallest absolute Gasteiger partial charge is 0.414 e. The number of carbonyl (C=O) groups excluding carboxylic acids is 2. The molecule has 0 unspecified atom stereocenters. The molecule has 1 aromatic carbocycles. The molecule has 2 aromatic heterocycles. The maximum atomic E-state index is 13.5. The fourth-order valence-electron chi connectivity index (χ4n) is 5.61. The molecule has 0 radical (unpaired) electrons. The van der Waals surface area contributed by atoms with E-state index >= 15 is 0 Å². The van der Waals surface area contributed by atoms with Crippen LogP contribution in [0.25, 0.3) is 11.0 Å². The van der Waals surface area contributed by atoms with E-state index in [4.69, 9.17) is 14.5 Å². The van der Waals surface area contributed by atoms with E-state index in [1.165, 1.54) is 13.2 Å². The summed E-state index contributed by atoms with van der Waals surface area (Å²) >= 11 is 0. The summed E-state index contributed by atoms with van der Waals surface area (Å²) in [5.41, 5.74) is 3.34. The standard InChI is InChI=1S/C28H35N5O5/c1-19-7-8-21-22(33(19)28(36)37-3)9-10-23-27(21)29-24(11-15-31-14-5-4-6-25(31)34)32(23)18-26(35)30(2)20-12-16-38-17-13-20/h4-6,9-10,14,19-20H,7-8,11-13,15-18H2,1-3H3/t19-/m0/s1. The van der Waals surface area contributed by atoms with Crippen LogP contribution >= 0.6 is 0 Å². The molecule has 0 saturated carbocycles. The first-order chi connectivity index (χ1) is 18.4. The summed E-state index contributed by atoms with van der Waals surface area (Å²) in [6.07, 6.45) is 5.06. The number of ether oxygens (including phenoxy) is 2. The number of pyridine rings is 1. The van der Waals surface area contributed by atoms with Gasteiger partial charge in [0.1, 0.15) is 12.4 Å². The molecule has 1 fully saturated rings. The fraction of sp³-hybridized carbons (Fsp3) is 0.500. The van der Waals surface area contributed by atoms with Gasteiger partial charge in [-0.3, -0.25) is 14.5 Å². The van der Waals surface area contributed by atoms with E-state index < -0.39 is 6.09 Å². The van der Waals surface area contributed by atoms with Crippen LogP contribution in [0.15, 0.2) is 41.3 Å². The third-order valence-electron chi connectivity index (χ3n) is 7.86. The van der Waals surface area contributed by atoms with E-state index in [0.29, 0.717) is 26.2 Å². The van der Waals surface area contributed by atoms with Gasteiger partial charge in [-0.25, -0.2) is 9.78 Å². The van der Waals surface area contributed by atoms with Crippen molar-refractivity contribution in [3.8, 4) is 0 Å². The van der Waals surface area contributed by atoms with Crippen LogP contribution in [0.3, 0.4) is 0 Å². The van der Waals surface area contributed by atoms with E-state index in [0.717, 1.165) is 53.8 Å². The quantitative estimate of drug-likeness (QED) is 0.495. The molecule has 0 spiro atoms. The van der Waals surface area contributed by atoms with Crippen LogP contribution in [0.4, 0.5) is 10.5 Å². The van der Waals surface area contributed by atoms with Crippen molar-refractivity contribution in [3.05, 3.63) is 58.3 Å². The molecule has 0 N–H and O–H groups in total. The molecule has 2 aliphatic rings. The number of rotatable bonds is 6. The van der Waals surface area contributed by atoms with Gasteiger partial charge in [-0.2, -0.15) is 0 Å². The largest absolute Gasteiger partial charge is 0.452 e. The van der Waals surface area contributed by atoms with Crippen LogP contribution < -0.4 is 10.5 Å². The maximum Gasteiger partial charge on any atom is 0.414 e. The number of hydrogen-bond donors (Lipinski definition) is 0. The number of nitrogens with zero attached hydrogens (tertiary/aromatic N) is 5. The highest BCUT2D eigenvalue weighted by Crippen LogP contribution is 2.36. The van der Waals surface area contributed by atoms with Gasteiger partial charge in [-0.1, -0.05) is 6.07 Å². The molecule has 0 bridgehead atoms. The van der Waals surface area contributed by atoms with Gasteiger partial charge in [0.25, 0.3) is 5.56 Å². The monoisotopic (exact) mass is 521 g/mol. The van der Waals surface area contributed by atoms with Gasteiger partial charge < -0.3 is 23.5 Å². The average molecular weight is 522 g/mol. The number of hydrogen-bond acceptors (Lipinski definition) is 6. The van der Waals surface area contributed by atoms with Gasteiger partial charge in [0, 0.05) is 63.1 Å². The lowest BCUT2D eigenvalue weighted by Crippen LogP contribution is -2.42. The molecule has 202 valence electrons. The Morgan fingerprint density at radius 2 is 1.95 bits per heavy atom. The summed E-state index contributed by atoms with van der Waals surface area (Å²) in [6, 6.07) is 9.12. The molecule has 4 heterocycles. The Hall–Kier alpha value is -3.66. The Bertz CT molecular complexity index is 1390. The van der Waals surface area contributed by atoms with Gasteiger partial charge >= 0.3 is 6.09 Å². The molecule has 10 heteroatoms. The predicted molar refractivity (Wildman–Crippen MR) is 143 cm³/mol. The zero-order valence-corrected chi connectivity index (χ0v) is 22.3. The van der Waals surface area contributed by atoms with Gasteiger partial charge in [0.05, 0.1) is 23.8 Å². The molecule has 1 saturated heterocycles. The lowest BCUT2D eigenvalue weighted by molar-refractivity contribution is -0.134. The first kappa shape index (κ1) is 26.0. The number of aromatic nitrogens is 3. The summed E-state index contributed by atoms with van der Waals surface area (Å²) in [5.74, 6) is 0.748. The molecule has 2 aliphatic heterocycles. The van der Waals surface area contributed by atoms with E-state index in [-0.39, 0.29) is 30.1 Å². The minimum atomic E-state index is -0.394. The van der Waals surface area contributed by atoms with Crippen molar-refractivity contribution in [2.24, 2.45) is 0 Å². The fourth-order valence-corrected chi connectivity index (χ4v) is 5.61. The number of aryl methyl sites for hydroxylation is 3. The lowest BCUT2D eigenvalue weighted by atomic mass is 9.96. The zero-order chi connectivity index (χ0) is 26.8. The lowest BCUT2D eigenvalue weighted by Gasteiger charge is -2.34. The summed E-state index contributed by atoms with van der Waals surface area (Å²) in [5, 5.41) is 0. The summed E-state index contributed by atoms with van der Waals surface area (Å²) < 4.78 is 14.2. The average Bonchev–Trinajstić information content (AvgIpc) is 3.29. The minimum Gasteiger partial charge on any atom is -0.452 e. The molecule has 0 aliphatic carbocycles. The van der Waals surface area contributed by atoms with Crippen LogP contribution in [-0.4, -0.2) is 70.5 Å². The Morgan fingerprint density at radius 1 is 1.16 bits per heavy atom. The number of fused-ring (bicyclic) bond motifs is 3. The van der Waals surface area contributed by atoms with Crippen LogP contribution in [0.1, 0.15) is 37.6 Å².